The van der Waals surface area contributed by atoms with Crippen molar-refractivity contribution < 1.29 is 9.84 Å². The average molecular weight is 207 g/mol. The zero-order chi connectivity index (χ0) is 10.7. The van der Waals surface area contributed by atoms with Crippen molar-refractivity contribution in [3.63, 3.8) is 0 Å². The van der Waals surface area contributed by atoms with E-state index in [1.807, 2.05) is 18.2 Å². The number of β-amino-alcohol motifs (C(OH)–C–C–N with tert-alkyl or cyclic N) is 1. The van der Waals surface area contributed by atoms with Gasteiger partial charge in [-0.1, -0.05) is 19.1 Å². The molecule has 1 fully saturated rings. The van der Waals surface area contributed by atoms with Gasteiger partial charge >= 0.3 is 0 Å². The first-order valence-corrected chi connectivity index (χ1v) is 5.44. The highest BCUT2D eigenvalue weighted by Crippen LogP contribution is 2.17. The maximum Gasteiger partial charge on any atom is 0.138 e. The molecule has 3 heteroatoms. The van der Waals surface area contributed by atoms with E-state index in [9.17, 15) is 5.11 Å². The maximum atomic E-state index is 9.59. The first-order chi connectivity index (χ1) is 7.29. The molecule has 1 aromatic rings. The Hall–Kier alpha value is -1.06. The molecule has 3 nitrogen and oxygen atoms in total. The van der Waals surface area contributed by atoms with Crippen LogP contribution in [0.25, 0.3) is 0 Å². The van der Waals surface area contributed by atoms with E-state index in [1.165, 1.54) is 5.56 Å². The fourth-order valence-corrected chi connectivity index (χ4v) is 1.77. The van der Waals surface area contributed by atoms with Crippen molar-refractivity contribution in [3.8, 4) is 5.75 Å². The summed E-state index contributed by atoms with van der Waals surface area (Å²) >= 11 is 0. The zero-order valence-electron chi connectivity index (χ0n) is 8.94. The fourth-order valence-electron chi connectivity index (χ4n) is 1.77. The Morgan fingerprint density at radius 3 is 3.00 bits per heavy atom. The Morgan fingerprint density at radius 2 is 2.33 bits per heavy atom. The Balaban J connectivity index is 2.03. The molecule has 0 bridgehead atoms. The molecule has 0 aromatic heterocycles. The van der Waals surface area contributed by atoms with E-state index in [2.05, 4.69) is 18.3 Å². The van der Waals surface area contributed by atoms with Gasteiger partial charge in [-0.2, -0.15) is 0 Å². The second-order valence-corrected chi connectivity index (χ2v) is 3.88. The first-order valence-electron chi connectivity index (χ1n) is 5.44. The normalized spacial score (nSPS) is 25.5. The van der Waals surface area contributed by atoms with Gasteiger partial charge in [-0.25, -0.2) is 0 Å². The Kier molecular flexibility index (Phi) is 3.23. The average Bonchev–Trinajstić information content (AvgIpc) is 2.65. The third-order valence-electron chi connectivity index (χ3n) is 2.72. The topological polar surface area (TPSA) is 41.5 Å². The van der Waals surface area contributed by atoms with Crippen LogP contribution in [0.5, 0.6) is 5.75 Å². The van der Waals surface area contributed by atoms with Crippen LogP contribution >= 0.6 is 0 Å². The lowest BCUT2D eigenvalue weighted by atomic mass is 10.1. The molecule has 1 aromatic carbocycles. The number of aliphatic hydroxyl groups excluding tert-OH is 1. The quantitative estimate of drug-likeness (QED) is 0.775. The molecule has 2 N–H and O–H groups in total. The molecule has 1 saturated heterocycles. The number of hydrogen-bond acceptors (Lipinski definition) is 3. The van der Waals surface area contributed by atoms with Crippen molar-refractivity contribution >= 4 is 0 Å². The Bertz CT molecular complexity index is 327. The van der Waals surface area contributed by atoms with Gasteiger partial charge in [0, 0.05) is 13.1 Å². The number of aryl methyl sites for hydroxylation is 1. The molecule has 1 heterocycles. The molecular weight excluding hydrogens is 190 g/mol. The Morgan fingerprint density at radius 1 is 1.47 bits per heavy atom. The van der Waals surface area contributed by atoms with E-state index < -0.39 is 6.10 Å². The first kappa shape index (κ1) is 10.5. The van der Waals surface area contributed by atoms with Crippen molar-refractivity contribution in [2.75, 3.05) is 13.1 Å². The van der Waals surface area contributed by atoms with E-state index >= 15 is 0 Å². The van der Waals surface area contributed by atoms with Gasteiger partial charge in [0.2, 0.25) is 0 Å². The molecule has 1 aliphatic rings. The highest BCUT2D eigenvalue weighted by Gasteiger charge is 2.26. The molecule has 0 saturated carbocycles. The highest BCUT2D eigenvalue weighted by molar-refractivity contribution is 5.28. The molecule has 1 aliphatic heterocycles. The molecular formula is C12H17NO2. The molecule has 2 atom stereocenters. The fraction of sp³-hybridized carbons (Fsp3) is 0.500. The van der Waals surface area contributed by atoms with Crippen molar-refractivity contribution in [1.82, 2.24) is 5.32 Å². The van der Waals surface area contributed by atoms with Crippen LogP contribution in [0.3, 0.4) is 0 Å². The number of aliphatic hydroxyl groups is 1. The number of ether oxygens (including phenoxy) is 1. The van der Waals surface area contributed by atoms with Gasteiger partial charge in [-0.05, 0) is 24.1 Å². The monoisotopic (exact) mass is 207 g/mol. The summed E-state index contributed by atoms with van der Waals surface area (Å²) in [5.41, 5.74) is 1.26. The number of benzene rings is 1. The van der Waals surface area contributed by atoms with Gasteiger partial charge in [-0.3, -0.25) is 0 Å². The smallest absolute Gasteiger partial charge is 0.138 e. The van der Waals surface area contributed by atoms with Crippen LogP contribution in [0.4, 0.5) is 0 Å². The highest BCUT2D eigenvalue weighted by atomic mass is 16.5. The summed E-state index contributed by atoms with van der Waals surface area (Å²) < 4.78 is 5.72. The lowest BCUT2D eigenvalue weighted by Crippen LogP contribution is -2.29. The second-order valence-electron chi connectivity index (χ2n) is 3.88. The van der Waals surface area contributed by atoms with E-state index in [0.29, 0.717) is 6.54 Å². The van der Waals surface area contributed by atoms with Crippen molar-refractivity contribution in [1.29, 1.82) is 0 Å². The minimum absolute atomic E-state index is 0.114. The van der Waals surface area contributed by atoms with Crippen molar-refractivity contribution in [3.05, 3.63) is 29.8 Å². The largest absolute Gasteiger partial charge is 0.486 e. The lowest BCUT2D eigenvalue weighted by molar-refractivity contribution is 0.0737. The molecule has 15 heavy (non-hydrogen) atoms. The minimum Gasteiger partial charge on any atom is -0.486 e. The predicted molar refractivity (Wildman–Crippen MR) is 59.1 cm³/mol. The van der Waals surface area contributed by atoms with Crippen LogP contribution in [0.2, 0.25) is 0 Å². The van der Waals surface area contributed by atoms with E-state index in [1.54, 1.807) is 0 Å². The molecule has 82 valence electrons. The van der Waals surface area contributed by atoms with Gasteiger partial charge in [0.25, 0.3) is 0 Å². The standard InChI is InChI=1S/C12H17NO2/c1-2-9-4-3-5-10(6-9)15-12-8-13-7-11(12)14/h3-6,11-14H,2,7-8H2,1H3. The molecule has 0 aliphatic carbocycles. The number of rotatable bonds is 3. The van der Waals surface area contributed by atoms with Crippen LogP contribution in [-0.2, 0) is 6.42 Å². The molecule has 0 amide bonds. The van der Waals surface area contributed by atoms with Gasteiger partial charge in [-0.15, -0.1) is 0 Å². The molecule has 2 rings (SSSR count). The van der Waals surface area contributed by atoms with Crippen molar-refractivity contribution in [2.24, 2.45) is 0 Å². The third kappa shape index (κ3) is 2.49. The van der Waals surface area contributed by atoms with Crippen LogP contribution < -0.4 is 10.1 Å². The van der Waals surface area contributed by atoms with Gasteiger partial charge in [0.05, 0.1) is 0 Å². The van der Waals surface area contributed by atoms with Gasteiger partial charge < -0.3 is 15.2 Å². The Labute approximate surface area is 90.1 Å². The summed E-state index contributed by atoms with van der Waals surface area (Å²) in [6.45, 7) is 3.46. The lowest BCUT2D eigenvalue weighted by Gasteiger charge is -2.16. The third-order valence-corrected chi connectivity index (χ3v) is 2.72. The van der Waals surface area contributed by atoms with E-state index in [0.717, 1.165) is 18.7 Å². The number of hydrogen-bond donors (Lipinski definition) is 2. The summed E-state index contributed by atoms with van der Waals surface area (Å²) in [5, 5.41) is 12.7. The molecule has 0 radical (unpaired) electrons. The predicted octanol–water partition coefficient (Wildman–Crippen LogP) is 0.960. The summed E-state index contributed by atoms with van der Waals surface area (Å²) in [6.07, 6.45) is 0.496. The molecule has 2 unspecified atom stereocenters. The van der Waals surface area contributed by atoms with Gasteiger partial charge in [0.15, 0.2) is 0 Å². The van der Waals surface area contributed by atoms with Crippen LogP contribution in [0.15, 0.2) is 24.3 Å². The van der Waals surface area contributed by atoms with E-state index in [-0.39, 0.29) is 6.10 Å². The van der Waals surface area contributed by atoms with Crippen LogP contribution in [0.1, 0.15) is 12.5 Å². The van der Waals surface area contributed by atoms with Crippen molar-refractivity contribution in [2.45, 2.75) is 25.6 Å². The van der Waals surface area contributed by atoms with E-state index in [4.69, 9.17) is 4.74 Å². The number of nitrogens with one attached hydrogen (secondary N) is 1. The summed E-state index contributed by atoms with van der Waals surface area (Å²) in [6, 6.07) is 8.04. The summed E-state index contributed by atoms with van der Waals surface area (Å²) in [5.74, 6) is 0.849. The SMILES string of the molecule is CCc1cccc(OC2CNCC2O)c1. The van der Waals surface area contributed by atoms with Gasteiger partial charge in [0.1, 0.15) is 18.0 Å². The second kappa shape index (κ2) is 4.64. The van der Waals surface area contributed by atoms with Crippen LogP contribution in [-0.4, -0.2) is 30.4 Å². The summed E-state index contributed by atoms with van der Waals surface area (Å²) in [7, 11) is 0. The minimum atomic E-state index is -0.393. The van der Waals surface area contributed by atoms with Crippen LogP contribution in [0, 0.1) is 0 Å². The zero-order valence-corrected chi connectivity index (χ0v) is 8.94. The molecule has 0 spiro atoms. The summed E-state index contributed by atoms with van der Waals surface area (Å²) in [4.78, 5) is 0. The maximum absolute atomic E-state index is 9.59.